The van der Waals surface area contributed by atoms with E-state index in [9.17, 15) is 17.4 Å². The highest BCUT2D eigenvalue weighted by Crippen LogP contribution is 2.21. The van der Waals surface area contributed by atoms with E-state index in [4.69, 9.17) is 0 Å². The van der Waals surface area contributed by atoms with Gasteiger partial charge in [-0.05, 0) is 36.9 Å². The van der Waals surface area contributed by atoms with Gasteiger partial charge in [-0.25, -0.2) is 13.1 Å². The first kappa shape index (κ1) is 18.8. The smallest absolute Gasteiger partial charge is 0.251 e. The van der Waals surface area contributed by atoms with Crippen LogP contribution < -0.4 is 10.0 Å². The molecule has 0 saturated carbocycles. The van der Waals surface area contributed by atoms with Gasteiger partial charge in [-0.1, -0.05) is 12.1 Å². The lowest BCUT2D eigenvalue weighted by Gasteiger charge is -2.06. The first-order valence-electron chi connectivity index (χ1n) is 7.01. The van der Waals surface area contributed by atoms with E-state index >= 15 is 0 Å². The van der Waals surface area contributed by atoms with Crippen LogP contribution in [0.15, 0.2) is 40.6 Å². The molecule has 9 heteroatoms. The minimum atomic E-state index is -3.46. The lowest BCUT2D eigenvalue weighted by Crippen LogP contribution is -2.22. The number of thiophene rings is 1. The lowest BCUT2D eigenvalue weighted by atomic mass is 10.1. The largest absolute Gasteiger partial charge is 0.347 e. The van der Waals surface area contributed by atoms with Crippen LogP contribution in [0, 0.1) is 0 Å². The van der Waals surface area contributed by atoms with Gasteiger partial charge in [0.05, 0.1) is 6.54 Å². The van der Waals surface area contributed by atoms with Gasteiger partial charge in [0.25, 0.3) is 5.91 Å². The van der Waals surface area contributed by atoms with Gasteiger partial charge in [0.1, 0.15) is 4.21 Å². The van der Waals surface area contributed by atoms with Crippen molar-refractivity contribution in [3.63, 3.8) is 0 Å². The molecule has 2 N–H and O–H groups in total. The van der Waals surface area contributed by atoms with Crippen molar-refractivity contribution in [1.82, 2.24) is 10.0 Å². The highest BCUT2D eigenvalue weighted by Gasteiger charge is 2.14. The summed E-state index contributed by atoms with van der Waals surface area (Å²) in [5.74, 6) is 0.141. The Balaban J connectivity index is 2.02. The van der Waals surface area contributed by atoms with E-state index in [1.165, 1.54) is 13.1 Å². The van der Waals surface area contributed by atoms with Crippen molar-refractivity contribution in [3.05, 3.63) is 52.4 Å². The number of amides is 1. The Morgan fingerprint density at radius 1 is 1.25 bits per heavy atom. The van der Waals surface area contributed by atoms with Crippen LogP contribution in [-0.4, -0.2) is 31.8 Å². The van der Waals surface area contributed by atoms with Crippen molar-refractivity contribution in [3.8, 4) is 0 Å². The highest BCUT2D eigenvalue weighted by molar-refractivity contribution is 7.91. The van der Waals surface area contributed by atoms with Crippen molar-refractivity contribution < 1.29 is 17.4 Å². The summed E-state index contributed by atoms with van der Waals surface area (Å²) >= 11 is 1.11. The zero-order valence-corrected chi connectivity index (χ0v) is 15.7. The Labute approximate surface area is 147 Å². The van der Waals surface area contributed by atoms with Crippen molar-refractivity contribution >= 4 is 38.1 Å². The summed E-state index contributed by atoms with van der Waals surface area (Å²) in [6.45, 7) is 0.243. The standard InChI is InChI=1S/C15H18N2O4S3/c1-16-24(20,21)14-7-6-13(22-14)9-17-15(18)12-5-3-4-11(8-12)10-23(2)19/h3-8,16H,9-10H2,1-2H3,(H,17,18). The van der Waals surface area contributed by atoms with Crippen LogP contribution in [0.2, 0.25) is 0 Å². The number of rotatable bonds is 7. The Hall–Kier alpha value is -1.55. The quantitative estimate of drug-likeness (QED) is 0.754. The van der Waals surface area contributed by atoms with E-state index < -0.39 is 20.8 Å². The molecule has 0 saturated heterocycles. The van der Waals surface area contributed by atoms with Crippen LogP contribution in [-0.2, 0) is 33.1 Å². The van der Waals surface area contributed by atoms with E-state index in [2.05, 4.69) is 10.0 Å². The number of hydrogen-bond donors (Lipinski definition) is 2. The fourth-order valence-electron chi connectivity index (χ4n) is 2.00. The van der Waals surface area contributed by atoms with Crippen molar-refractivity contribution in [2.75, 3.05) is 13.3 Å². The molecule has 0 radical (unpaired) electrons. The number of hydrogen-bond acceptors (Lipinski definition) is 5. The maximum absolute atomic E-state index is 12.2. The molecule has 24 heavy (non-hydrogen) atoms. The fraction of sp³-hybridized carbons (Fsp3) is 0.267. The third-order valence-corrected chi connectivity index (χ3v) is 6.88. The summed E-state index contributed by atoms with van der Waals surface area (Å²) in [7, 11) is -3.08. The summed E-state index contributed by atoms with van der Waals surface area (Å²) in [5, 5.41) is 2.76. The Morgan fingerprint density at radius 3 is 2.67 bits per heavy atom. The van der Waals surface area contributed by atoms with Crippen molar-refractivity contribution in [2.45, 2.75) is 16.5 Å². The predicted molar refractivity (Wildman–Crippen MR) is 95.9 cm³/mol. The predicted octanol–water partition coefficient (Wildman–Crippen LogP) is 1.46. The molecule has 1 heterocycles. The molecule has 0 spiro atoms. The van der Waals surface area contributed by atoms with E-state index in [-0.39, 0.29) is 16.7 Å². The summed E-state index contributed by atoms with van der Waals surface area (Å²) in [6.07, 6.45) is 1.61. The second kappa shape index (κ2) is 8.02. The van der Waals surface area contributed by atoms with Crippen molar-refractivity contribution in [2.24, 2.45) is 0 Å². The molecule has 1 atom stereocenters. The number of carbonyl (C=O) groups excluding carboxylic acids is 1. The highest BCUT2D eigenvalue weighted by atomic mass is 32.2. The number of benzene rings is 1. The van der Waals surface area contributed by atoms with Gasteiger partial charge in [0.15, 0.2) is 0 Å². The molecule has 1 unspecified atom stereocenters. The summed E-state index contributed by atoms with van der Waals surface area (Å²) in [4.78, 5) is 12.9. The fourth-order valence-corrected chi connectivity index (χ4v) is 4.79. The van der Waals surface area contributed by atoms with E-state index in [0.29, 0.717) is 11.3 Å². The van der Waals surface area contributed by atoms with Crippen LogP contribution in [0.5, 0.6) is 0 Å². The molecule has 0 aliphatic heterocycles. The molecule has 2 rings (SSSR count). The number of carbonyl (C=O) groups is 1. The molecule has 6 nitrogen and oxygen atoms in total. The van der Waals surface area contributed by atoms with Gasteiger partial charge in [-0.3, -0.25) is 9.00 Å². The SMILES string of the molecule is CNS(=O)(=O)c1ccc(CNC(=O)c2cccc(CS(C)=O)c2)s1. The molecule has 2 aromatic rings. The third-order valence-electron chi connectivity index (χ3n) is 3.15. The molecule has 0 aliphatic rings. The van der Waals surface area contributed by atoms with Gasteiger partial charge in [-0.2, -0.15) is 0 Å². The summed E-state index contributed by atoms with van der Waals surface area (Å²) in [5.41, 5.74) is 1.32. The second-order valence-corrected chi connectivity index (χ2v) is 9.75. The first-order chi connectivity index (χ1) is 11.3. The number of sulfonamides is 1. The van der Waals surface area contributed by atoms with Gasteiger partial charge < -0.3 is 5.32 Å². The van der Waals surface area contributed by atoms with Gasteiger partial charge >= 0.3 is 0 Å². The Bertz CT molecular complexity index is 859. The Kier molecular flexibility index (Phi) is 6.27. The maximum Gasteiger partial charge on any atom is 0.251 e. The maximum atomic E-state index is 12.2. The first-order valence-corrected chi connectivity index (χ1v) is 11.0. The topological polar surface area (TPSA) is 92.3 Å². The van der Waals surface area contributed by atoms with E-state index in [0.717, 1.165) is 21.8 Å². The average Bonchev–Trinajstić information content (AvgIpc) is 3.02. The zero-order chi connectivity index (χ0) is 17.7. The van der Waals surface area contributed by atoms with Gasteiger partial charge in [0.2, 0.25) is 10.0 Å². The van der Waals surface area contributed by atoms with E-state index in [1.54, 1.807) is 30.5 Å². The van der Waals surface area contributed by atoms with Crippen molar-refractivity contribution in [1.29, 1.82) is 0 Å². The van der Waals surface area contributed by atoms with Crippen LogP contribution in [0.1, 0.15) is 20.8 Å². The van der Waals surface area contributed by atoms with Crippen LogP contribution in [0.25, 0.3) is 0 Å². The molecule has 0 bridgehead atoms. The van der Waals surface area contributed by atoms with Gasteiger partial charge in [0, 0.05) is 33.2 Å². The third kappa shape index (κ3) is 4.97. The van der Waals surface area contributed by atoms with E-state index in [1.807, 2.05) is 6.07 Å². The van der Waals surface area contributed by atoms with Crippen LogP contribution in [0.4, 0.5) is 0 Å². The molecular weight excluding hydrogens is 368 g/mol. The monoisotopic (exact) mass is 386 g/mol. The summed E-state index contributed by atoms with van der Waals surface area (Å²) < 4.78 is 37.1. The molecule has 1 aromatic heterocycles. The second-order valence-electron chi connectivity index (χ2n) is 5.03. The van der Waals surface area contributed by atoms with Crippen LogP contribution in [0.3, 0.4) is 0 Å². The number of nitrogens with one attached hydrogen (secondary N) is 2. The molecule has 0 aliphatic carbocycles. The molecule has 0 fully saturated rings. The normalized spacial score (nSPS) is 12.8. The molecule has 1 amide bonds. The average molecular weight is 387 g/mol. The minimum absolute atomic E-state index is 0.210. The van der Waals surface area contributed by atoms with Crippen LogP contribution >= 0.6 is 11.3 Å². The molecule has 1 aromatic carbocycles. The lowest BCUT2D eigenvalue weighted by molar-refractivity contribution is 0.0951. The molecule has 130 valence electrons. The summed E-state index contributed by atoms with van der Waals surface area (Å²) in [6, 6.07) is 10.2. The van der Waals surface area contributed by atoms with Gasteiger partial charge in [-0.15, -0.1) is 11.3 Å². The minimum Gasteiger partial charge on any atom is -0.347 e. The molecular formula is C15H18N2O4S3. The Morgan fingerprint density at radius 2 is 2.00 bits per heavy atom. The zero-order valence-electron chi connectivity index (χ0n) is 13.2.